The summed E-state index contributed by atoms with van der Waals surface area (Å²) in [6.45, 7) is 5.07. The molecule has 0 radical (unpaired) electrons. The topological polar surface area (TPSA) is 70.2 Å². The Morgan fingerprint density at radius 1 is 1.15 bits per heavy atom. The number of carboxylic acids is 1. The predicted octanol–water partition coefficient (Wildman–Crippen LogP) is 2.80. The molecule has 0 aliphatic heterocycles. The summed E-state index contributed by atoms with van der Waals surface area (Å²) in [7, 11) is 0. The highest BCUT2D eigenvalue weighted by Gasteiger charge is 2.19. The Morgan fingerprint density at radius 2 is 1.70 bits per heavy atom. The van der Waals surface area contributed by atoms with E-state index in [0.717, 1.165) is 0 Å². The van der Waals surface area contributed by atoms with Gasteiger partial charge in [0.1, 0.15) is 11.4 Å². The number of pyridine rings is 1. The van der Waals surface area contributed by atoms with Crippen LogP contribution in [0, 0.1) is 26.6 Å². The first kappa shape index (κ1) is 14.0. The Morgan fingerprint density at radius 3 is 2.20 bits per heavy atom. The second kappa shape index (κ2) is 4.92. The average Bonchev–Trinajstić information content (AvgIpc) is 2.31. The summed E-state index contributed by atoms with van der Waals surface area (Å²) in [6, 6.07) is 2.66. The van der Waals surface area contributed by atoms with Gasteiger partial charge in [0.15, 0.2) is 0 Å². The van der Waals surface area contributed by atoms with Crippen LogP contribution < -0.4 is 5.43 Å². The fourth-order valence-electron chi connectivity index (χ4n) is 2.39. The second-order valence-electron chi connectivity index (χ2n) is 4.75. The van der Waals surface area contributed by atoms with Gasteiger partial charge in [-0.2, -0.15) is 0 Å². The molecular weight excluding hydrogens is 261 g/mol. The Kier molecular flexibility index (Phi) is 3.44. The van der Waals surface area contributed by atoms with Crippen LogP contribution in [0.2, 0.25) is 0 Å². The van der Waals surface area contributed by atoms with Crippen LogP contribution in [0.15, 0.2) is 23.1 Å². The van der Waals surface area contributed by atoms with Gasteiger partial charge in [0.25, 0.3) is 0 Å². The summed E-state index contributed by atoms with van der Waals surface area (Å²) in [5, 5.41) is 9.03. The molecule has 0 unspecified atom stereocenters. The molecule has 1 aromatic carbocycles. The molecule has 0 aliphatic rings. The molecule has 2 N–H and O–H groups in total. The lowest BCUT2D eigenvalue weighted by Gasteiger charge is -2.13. The Hall–Kier alpha value is -2.43. The van der Waals surface area contributed by atoms with Crippen molar-refractivity contribution in [2.45, 2.75) is 20.8 Å². The molecular formula is C15H14FNO3. The van der Waals surface area contributed by atoms with Gasteiger partial charge in [0.2, 0.25) is 5.43 Å². The Balaban J connectivity index is 2.87. The Bertz CT molecular complexity index is 739. The molecule has 0 amide bonds. The number of carbonyl (C=O) groups is 1. The quantitative estimate of drug-likeness (QED) is 0.885. The van der Waals surface area contributed by atoms with Crippen molar-refractivity contribution in [1.82, 2.24) is 4.98 Å². The van der Waals surface area contributed by atoms with Crippen LogP contribution in [0.25, 0.3) is 11.1 Å². The Labute approximate surface area is 114 Å². The molecule has 0 saturated heterocycles. The van der Waals surface area contributed by atoms with E-state index in [2.05, 4.69) is 4.98 Å². The lowest BCUT2D eigenvalue weighted by atomic mass is 9.93. The van der Waals surface area contributed by atoms with Crippen LogP contribution in [0.1, 0.15) is 27.2 Å². The monoisotopic (exact) mass is 275 g/mol. The summed E-state index contributed by atoms with van der Waals surface area (Å²) >= 11 is 0. The summed E-state index contributed by atoms with van der Waals surface area (Å²) in [5.41, 5.74) is 1.71. The van der Waals surface area contributed by atoms with E-state index >= 15 is 0 Å². The van der Waals surface area contributed by atoms with E-state index in [1.165, 1.54) is 18.3 Å². The van der Waals surface area contributed by atoms with Crippen molar-refractivity contribution in [3.05, 3.63) is 56.8 Å². The standard InChI is InChI=1S/C15H14FNO3/c1-7-4-10(16)5-8(2)12(7)13-9(3)17-6-11(14(13)18)15(19)20/h4-6H,1-3H3,(H,17,18)(H,19,20). The first-order valence-corrected chi connectivity index (χ1v) is 6.05. The van der Waals surface area contributed by atoms with Crippen molar-refractivity contribution >= 4 is 5.97 Å². The number of benzene rings is 1. The zero-order chi connectivity index (χ0) is 15.0. The van der Waals surface area contributed by atoms with E-state index in [9.17, 15) is 14.0 Å². The highest BCUT2D eigenvalue weighted by Crippen LogP contribution is 2.27. The number of aromatic amines is 1. The highest BCUT2D eigenvalue weighted by atomic mass is 19.1. The van der Waals surface area contributed by atoms with Crippen molar-refractivity contribution in [3.8, 4) is 11.1 Å². The van der Waals surface area contributed by atoms with Crippen molar-refractivity contribution in [2.75, 3.05) is 0 Å². The van der Waals surface area contributed by atoms with Gasteiger partial charge in [0, 0.05) is 17.5 Å². The van der Waals surface area contributed by atoms with Gasteiger partial charge in [-0.3, -0.25) is 4.79 Å². The molecule has 20 heavy (non-hydrogen) atoms. The number of nitrogens with one attached hydrogen (secondary N) is 1. The predicted molar refractivity (Wildman–Crippen MR) is 73.6 cm³/mol. The first-order chi connectivity index (χ1) is 9.32. The van der Waals surface area contributed by atoms with Crippen molar-refractivity contribution < 1.29 is 14.3 Å². The maximum atomic E-state index is 13.4. The number of aromatic carboxylic acids is 1. The molecule has 0 spiro atoms. The fraction of sp³-hybridized carbons (Fsp3) is 0.200. The minimum atomic E-state index is -1.29. The van der Waals surface area contributed by atoms with E-state index in [1.54, 1.807) is 20.8 Å². The molecule has 0 aliphatic carbocycles. The van der Waals surface area contributed by atoms with Crippen LogP contribution in [0.4, 0.5) is 4.39 Å². The number of halogens is 1. The van der Waals surface area contributed by atoms with E-state index in [1.807, 2.05) is 0 Å². The van der Waals surface area contributed by atoms with E-state index < -0.39 is 11.4 Å². The molecule has 2 rings (SSSR count). The van der Waals surface area contributed by atoms with Crippen molar-refractivity contribution in [2.24, 2.45) is 0 Å². The summed E-state index contributed by atoms with van der Waals surface area (Å²) in [6.07, 6.45) is 1.18. The first-order valence-electron chi connectivity index (χ1n) is 6.05. The molecule has 0 fully saturated rings. The maximum Gasteiger partial charge on any atom is 0.341 e. The maximum absolute atomic E-state index is 13.4. The molecule has 1 heterocycles. The number of hydrogen-bond acceptors (Lipinski definition) is 2. The molecule has 0 saturated carbocycles. The molecule has 1 aromatic heterocycles. The largest absolute Gasteiger partial charge is 0.477 e. The fourth-order valence-corrected chi connectivity index (χ4v) is 2.39. The smallest absolute Gasteiger partial charge is 0.341 e. The molecule has 0 bridgehead atoms. The number of carboxylic acid groups (broad SMARTS) is 1. The zero-order valence-electron chi connectivity index (χ0n) is 11.4. The van der Waals surface area contributed by atoms with E-state index in [4.69, 9.17) is 5.11 Å². The van der Waals surface area contributed by atoms with Crippen LogP contribution >= 0.6 is 0 Å². The summed E-state index contributed by atoms with van der Waals surface area (Å²) in [4.78, 5) is 26.2. The van der Waals surface area contributed by atoms with Crippen LogP contribution in [0.3, 0.4) is 0 Å². The highest BCUT2D eigenvalue weighted by molar-refractivity contribution is 5.89. The lowest BCUT2D eigenvalue weighted by Crippen LogP contribution is -2.19. The third kappa shape index (κ3) is 2.22. The zero-order valence-corrected chi connectivity index (χ0v) is 11.4. The number of H-pyrrole nitrogens is 1. The van der Waals surface area contributed by atoms with Gasteiger partial charge < -0.3 is 10.1 Å². The number of hydrogen-bond donors (Lipinski definition) is 2. The molecule has 104 valence electrons. The number of aryl methyl sites for hydroxylation is 3. The van der Waals surface area contributed by atoms with Gasteiger partial charge in [-0.15, -0.1) is 0 Å². The molecule has 0 atom stereocenters. The normalized spacial score (nSPS) is 10.6. The number of rotatable bonds is 2. The second-order valence-corrected chi connectivity index (χ2v) is 4.75. The van der Waals surface area contributed by atoms with E-state index in [0.29, 0.717) is 22.4 Å². The van der Waals surface area contributed by atoms with Crippen molar-refractivity contribution in [1.29, 1.82) is 0 Å². The third-order valence-electron chi connectivity index (χ3n) is 3.26. The SMILES string of the molecule is Cc1cc(F)cc(C)c1-c1c(C)[nH]cc(C(=O)O)c1=O. The minimum absolute atomic E-state index is 0.278. The lowest BCUT2D eigenvalue weighted by molar-refractivity contribution is 0.0695. The van der Waals surface area contributed by atoms with Gasteiger partial charge in [0.05, 0.1) is 0 Å². The number of aromatic nitrogens is 1. The third-order valence-corrected chi connectivity index (χ3v) is 3.26. The van der Waals surface area contributed by atoms with Crippen molar-refractivity contribution in [3.63, 3.8) is 0 Å². The summed E-state index contributed by atoms with van der Waals surface area (Å²) < 4.78 is 13.4. The van der Waals surface area contributed by atoms with Gasteiger partial charge >= 0.3 is 5.97 Å². The van der Waals surface area contributed by atoms with Crippen LogP contribution in [0.5, 0.6) is 0 Å². The molecule has 2 aromatic rings. The van der Waals surface area contributed by atoms with Gasteiger partial charge in [-0.25, -0.2) is 9.18 Å². The minimum Gasteiger partial charge on any atom is -0.477 e. The van der Waals surface area contributed by atoms with Crippen LogP contribution in [-0.4, -0.2) is 16.1 Å². The van der Waals surface area contributed by atoms with Gasteiger partial charge in [-0.05, 0) is 49.6 Å². The molecule has 4 nitrogen and oxygen atoms in total. The average molecular weight is 275 g/mol. The summed E-state index contributed by atoms with van der Waals surface area (Å²) in [5.74, 6) is -1.67. The molecule has 5 heteroatoms. The van der Waals surface area contributed by atoms with E-state index in [-0.39, 0.29) is 16.9 Å². The van der Waals surface area contributed by atoms with Crippen LogP contribution in [-0.2, 0) is 0 Å². The van der Waals surface area contributed by atoms with Gasteiger partial charge in [-0.1, -0.05) is 0 Å².